The van der Waals surface area contributed by atoms with E-state index in [0.29, 0.717) is 30.9 Å². The molecular formula is C30H31Br2NO4. The zero-order valence-corrected chi connectivity index (χ0v) is 24.4. The van der Waals surface area contributed by atoms with Gasteiger partial charge in [-0.05, 0) is 71.8 Å². The third-order valence-electron chi connectivity index (χ3n) is 7.45. The molecule has 0 fully saturated rings. The Bertz CT molecular complexity index is 1270. The van der Waals surface area contributed by atoms with E-state index in [0.717, 1.165) is 81.3 Å². The molecule has 2 aliphatic carbocycles. The van der Waals surface area contributed by atoms with Gasteiger partial charge in [0.25, 0.3) is 0 Å². The lowest BCUT2D eigenvalue weighted by Gasteiger charge is -2.44. The van der Waals surface area contributed by atoms with Gasteiger partial charge in [0.15, 0.2) is 23.1 Å². The molecule has 0 unspecified atom stereocenters. The average Bonchev–Trinajstić information content (AvgIpc) is 2.89. The van der Waals surface area contributed by atoms with Crippen molar-refractivity contribution in [2.75, 3.05) is 13.7 Å². The maximum Gasteiger partial charge on any atom is 0.175 e. The zero-order valence-electron chi connectivity index (χ0n) is 21.2. The lowest BCUT2D eigenvalue weighted by molar-refractivity contribution is -0.117. The summed E-state index contributed by atoms with van der Waals surface area (Å²) in [5.41, 5.74) is 5.73. The van der Waals surface area contributed by atoms with E-state index in [9.17, 15) is 9.59 Å². The van der Waals surface area contributed by atoms with Crippen molar-refractivity contribution >= 4 is 43.4 Å². The lowest BCUT2D eigenvalue weighted by atomic mass is 9.71. The Morgan fingerprint density at radius 2 is 1.57 bits per heavy atom. The van der Waals surface area contributed by atoms with Crippen LogP contribution in [0.15, 0.2) is 67.9 Å². The summed E-state index contributed by atoms with van der Waals surface area (Å²) in [5, 5.41) is 0. The quantitative estimate of drug-likeness (QED) is 0.316. The largest absolute Gasteiger partial charge is 0.493 e. The number of methoxy groups -OCH3 is 1. The minimum atomic E-state index is -0.374. The van der Waals surface area contributed by atoms with Gasteiger partial charge in [-0.15, -0.1) is 0 Å². The number of Topliss-reactive ketones (excluding diaryl/α,β-unsaturated/α-hetero) is 2. The number of ether oxygens (including phenoxy) is 2. The minimum absolute atomic E-state index is 0.154. The van der Waals surface area contributed by atoms with Crippen LogP contribution in [-0.2, 0) is 16.2 Å². The number of rotatable bonds is 7. The summed E-state index contributed by atoms with van der Waals surface area (Å²) in [5.74, 6) is 1.10. The van der Waals surface area contributed by atoms with E-state index in [1.165, 1.54) is 0 Å². The van der Waals surface area contributed by atoms with Gasteiger partial charge in [0.1, 0.15) is 6.61 Å². The molecule has 0 radical (unpaired) electrons. The van der Waals surface area contributed by atoms with Crippen molar-refractivity contribution in [3.05, 3.63) is 79.0 Å². The first-order chi connectivity index (χ1) is 17.9. The van der Waals surface area contributed by atoms with Crippen molar-refractivity contribution in [1.29, 1.82) is 0 Å². The molecule has 2 aromatic carbocycles. The van der Waals surface area contributed by atoms with E-state index in [2.05, 4.69) is 43.7 Å². The number of benzene rings is 2. The molecule has 5 rings (SSSR count). The van der Waals surface area contributed by atoms with Crippen LogP contribution in [0, 0.1) is 0 Å². The van der Waals surface area contributed by atoms with Gasteiger partial charge < -0.3 is 14.4 Å². The van der Waals surface area contributed by atoms with Crippen molar-refractivity contribution in [1.82, 2.24) is 4.90 Å². The number of carbonyl (C=O) groups excluding carboxylic acids is 2. The summed E-state index contributed by atoms with van der Waals surface area (Å²) in [4.78, 5) is 29.2. The fraction of sp³-hybridized carbons (Fsp3) is 0.400. The summed E-state index contributed by atoms with van der Waals surface area (Å²) in [6.45, 7) is 3.35. The molecule has 0 saturated heterocycles. The van der Waals surface area contributed by atoms with Crippen LogP contribution in [0.1, 0.15) is 68.9 Å². The fourth-order valence-electron chi connectivity index (χ4n) is 5.86. The molecule has 5 nitrogen and oxygen atoms in total. The molecule has 194 valence electrons. The van der Waals surface area contributed by atoms with Crippen molar-refractivity contribution in [3.8, 4) is 11.5 Å². The van der Waals surface area contributed by atoms with E-state index >= 15 is 0 Å². The molecule has 1 heterocycles. The first kappa shape index (κ1) is 26.2. The fourth-order valence-corrected chi connectivity index (χ4v) is 6.83. The number of carbonyl (C=O) groups is 2. The van der Waals surface area contributed by atoms with E-state index < -0.39 is 0 Å². The van der Waals surface area contributed by atoms with Crippen molar-refractivity contribution < 1.29 is 19.1 Å². The predicted octanol–water partition coefficient (Wildman–Crippen LogP) is 7.62. The number of hydrogen-bond acceptors (Lipinski definition) is 5. The van der Waals surface area contributed by atoms with Gasteiger partial charge in [-0.2, -0.15) is 0 Å². The Hall–Kier alpha value is -2.38. The third kappa shape index (κ3) is 4.92. The number of nitrogens with zero attached hydrogens (tertiary/aromatic N) is 1. The standard InChI is InChI=1S/C30H31Br2NO4/c1-3-14-33-22-10-6-12-24(34)28(22)27(29-23(33)11-7-13-25(29)35)19-15-21(32)30(26(16-19)36-2)37-17-18-8-4-5-9-20(18)31/h4-5,8-9,15-16,27H,3,6-7,10-14,17H2,1-2H3. The Morgan fingerprint density at radius 1 is 0.919 bits per heavy atom. The van der Waals surface area contributed by atoms with Crippen LogP contribution in [0.25, 0.3) is 0 Å². The van der Waals surface area contributed by atoms with Crippen molar-refractivity contribution in [3.63, 3.8) is 0 Å². The molecule has 0 saturated carbocycles. The number of halogens is 2. The molecule has 0 atom stereocenters. The molecule has 0 bridgehead atoms. The number of ketones is 2. The highest BCUT2D eigenvalue weighted by atomic mass is 79.9. The van der Waals surface area contributed by atoms with Crippen LogP contribution in [0.4, 0.5) is 0 Å². The second-order valence-electron chi connectivity index (χ2n) is 9.77. The van der Waals surface area contributed by atoms with Crippen LogP contribution in [0.2, 0.25) is 0 Å². The SMILES string of the molecule is CCCN1C2=C(C(=O)CCC2)C(c2cc(Br)c(OCc3ccccc3Br)c(OC)c2)C2=C1CCCC2=O. The molecule has 2 aromatic rings. The van der Waals surface area contributed by atoms with Gasteiger partial charge in [0, 0.05) is 57.9 Å². The van der Waals surface area contributed by atoms with Crippen LogP contribution in [0.3, 0.4) is 0 Å². The smallest absolute Gasteiger partial charge is 0.175 e. The zero-order chi connectivity index (χ0) is 26.1. The molecule has 0 N–H and O–H groups in total. The normalized spacial score (nSPS) is 18.2. The summed E-state index contributed by atoms with van der Waals surface area (Å²) in [6, 6.07) is 11.9. The highest BCUT2D eigenvalue weighted by Gasteiger charge is 2.43. The second-order valence-corrected chi connectivity index (χ2v) is 11.5. The molecule has 7 heteroatoms. The van der Waals surface area contributed by atoms with Crippen LogP contribution in [0.5, 0.6) is 11.5 Å². The van der Waals surface area contributed by atoms with Gasteiger partial charge >= 0.3 is 0 Å². The third-order valence-corrected chi connectivity index (χ3v) is 8.81. The molecule has 37 heavy (non-hydrogen) atoms. The lowest BCUT2D eigenvalue weighted by Crippen LogP contribution is -2.39. The Balaban J connectivity index is 1.60. The summed E-state index contributed by atoms with van der Waals surface area (Å²) >= 11 is 7.29. The van der Waals surface area contributed by atoms with E-state index in [1.807, 2.05) is 36.4 Å². The first-order valence-electron chi connectivity index (χ1n) is 13.0. The van der Waals surface area contributed by atoms with Crippen molar-refractivity contribution in [2.45, 2.75) is 64.4 Å². The predicted molar refractivity (Wildman–Crippen MR) is 151 cm³/mol. The molecular weight excluding hydrogens is 598 g/mol. The summed E-state index contributed by atoms with van der Waals surface area (Å²) in [6.07, 6.45) is 5.46. The molecule has 3 aliphatic rings. The second kappa shape index (κ2) is 11.2. The molecule has 0 amide bonds. The molecule has 0 spiro atoms. The average molecular weight is 629 g/mol. The Labute approximate surface area is 235 Å². The maximum atomic E-state index is 13.5. The van der Waals surface area contributed by atoms with Gasteiger partial charge in [-0.25, -0.2) is 0 Å². The molecule has 1 aliphatic heterocycles. The van der Waals surface area contributed by atoms with Crippen molar-refractivity contribution in [2.24, 2.45) is 0 Å². The van der Waals surface area contributed by atoms with E-state index in [4.69, 9.17) is 9.47 Å². The van der Waals surface area contributed by atoms with Gasteiger partial charge in [0.05, 0.1) is 11.6 Å². The summed E-state index contributed by atoms with van der Waals surface area (Å²) < 4.78 is 13.7. The first-order valence-corrected chi connectivity index (χ1v) is 14.6. The van der Waals surface area contributed by atoms with E-state index in [1.54, 1.807) is 7.11 Å². The van der Waals surface area contributed by atoms with Crippen LogP contribution >= 0.6 is 31.9 Å². The number of hydrogen-bond donors (Lipinski definition) is 0. The minimum Gasteiger partial charge on any atom is -0.493 e. The van der Waals surface area contributed by atoms with Crippen LogP contribution in [-0.4, -0.2) is 30.1 Å². The van der Waals surface area contributed by atoms with E-state index in [-0.39, 0.29) is 17.5 Å². The molecule has 0 aromatic heterocycles. The van der Waals surface area contributed by atoms with Crippen LogP contribution < -0.4 is 9.47 Å². The van der Waals surface area contributed by atoms with Gasteiger partial charge in [0.2, 0.25) is 0 Å². The Morgan fingerprint density at radius 3 is 2.16 bits per heavy atom. The van der Waals surface area contributed by atoms with Gasteiger partial charge in [-0.3, -0.25) is 9.59 Å². The monoisotopic (exact) mass is 627 g/mol. The number of allylic oxidation sites excluding steroid dienone is 4. The summed E-state index contributed by atoms with van der Waals surface area (Å²) in [7, 11) is 1.62. The topological polar surface area (TPSA) is 55.8 Å². The van der Waals surface area contributed by atoms with Gasteiger partial charge in [-0.1, -0.05) is 41.1 Å². The highest BCUT2D eigenvalue weighted by molar-refractivity contribution is 9.10. The Kier molecular flexibility index (Phi) is 7.91. The maximum absolute atomic E-state index is 13.5. The highest BCUT2D eigenvalue weighted by Crippen LogP contribution is 2.51.